The van der Waals surface area contributed by atoms with Gasteiger partial charge in [-0.15, -0.1) is 0 Å². The van der Waals surface area contributed by atoms with E-state index < -0.39 is 0 Å². The second-order valence-corrected chi connectivity index (χ2v) is 5.67. The lowest BCUT2D eigenvalue weighted by Crippen LogP contribution is -2.23. The van der Waals surface area contributed by atoms with Gasteiger partial charge in [0.25, 0.3) is 0 Å². The standard InChI is InChI=1S/C17H27NO/c1-3-13-11-15(9-10-17(13)19-2)16(12-18)14-7-5-4-6-8-14/h9-11,14,16H,3-8,12,18H2,1-2H3. The molecule has 2 heteroatoms. The highest BCUT2D eigenvalue weighted by Crippen LogP contribution is 2.36. The fourth-order valence-corrected chi connectivity index (χ4v) is 3.44. The Balaban J connectivity index is 2.22. The number of hydrogen-bond acceptors (Lipinski definition) is 2. The van der Waals surface area contributed by atoms with Crippen LogP contribution in [0.1, 0.15) is 56.1 Å². The second kappa shape index (κ2) is 6.95. The van der Waals surface area contributed by atoms with Crippen molar-refractivity contribution in [2.45, 2.75) is 51.4 Å². The summed E-state index contributed by atoms with van der Waals surface area (Å²) in [6.07, 6.45) is 7.84. The molecule has 1 aliphatic rings. The van der Waals surface area contributed by atoms with Crippen LogP contribution in [-0.4, -0.2) is 13.7 Å². The number of benzene rings is 1. The van der Waals surface area contributed by atoms with Crippen LogP contribution < -0.4 is 10.5 Å². The summed E-state index contributed by atoms with van der Waals surface area (Å²) in [4.78, 5) is 0. The number of methoxy groups -OCH3 is 1. The Morgan fingerprint density at radius 1 is 1.26 bits per heavy atom. The number of rotatable bonds is 5. The highest BCUT2D eigenvalue weighted by atomic mass is 16.5. The van der Waals surface area contributed by atoms with E-state index in [1.807, 2.05) is 0 Å². The molecule has 1 atom stereocenters. The van der Waals surface area contributed by atoms with Crippen LogP contribution in [0, 0.1) is 5.92 Å². The van der Waals surface area contributed by atoms with Crippen molar-refractivity contribution in [1.82, 2.24) is 0 Å². The van der Waals surface area contributed by atoms with Gasteiger partial charge in [0.1, 0.15) is 5.75 Å². The molecule has 0 heterocycles. The Kier molecular flexibility index (Phi) is 5.26. The van der Waals surface area contributed by atoms with Crippen molar-refractivity contribution in [1.29, 1.82) is 0 Å². The zero-order chi connectivity index (χ0) is 13.7. The average Bonchev–Trinajstić information content (AvgIpc) is 2.49. The van der Waals surface area contributed by atoms with Crippen molar-refractivity contribution in [2.24, 2.45) is 11.7 Å². The summed E-state index contributed by atoms with van der Waals surface area (Å²) in [5.41, 5.74) is 8.78. The molecule has 19 heavy (non-hydrogen) atoms. The van der Waals surface area contributed by atoms with Gasteiger partial charge in [-0.2, -0.15) is 0 Å². The molecular formula is C17H27NO. The van der Waals surface area contributed by atoms with Gasteiger partial charge in [0.05, 0.1) is 7.11 Å². The predicted molar refractivity (Wildman–Crippen MR) is 80.7 cm³/mol. The van der Waals surface area contributed by atoms with Crippen molar-refractivity contribution in [3.05, 3.63) is 29.3 Å². The van der Waals surface area contributed by atoms with Crippen LogP contribution in [-0.2, 0) is 6.42 Å². The molecule has 0 bridgehead atoms. The SMILES string of the molecule is CCc1cc(C(CN)C2CCCCC2)ccc1OC. The van der Waals surface area contributed by atoms with Crippen LogP contribution >= 0.6 is 0 Å². The first-order chi connectivity index (χ1) is 9.30. The van der Waals surface area contributed by atoms with Crippen LogP contribution in [0.25, 0.3) is 0 Å². The normalized spacial score (nSPS) is 18.3. The average molecular weight is 261 g/mol. The van der Waals surface area contributed by atoms with E-state index >= 15 is 0 Å². The van der Waals surface area contributed by atoms with E-state index in [0.717, 1.165) is 24.6 Å². The van der Waals surface area contributed by atoms with E-state index in [4.69, 9.17) is 10.5 Å². The van der Waals surface area contributed by atoms with Crippen LogP contribution in [0.2, 0.25) is 0 Å². The highest BCUT2D eigenvalue weighted by Gasteiger charge is 2.24. The quantitative estimate of drug-likeness (QED) is 0.873. The van der Waals surface area contributed by atoms with Crippen LogP contribution in [0.4, 0.5) is 0 Å². The molecule has 0 aromatic heterocycles. The third kappa shape index (κ3) is 3.30. The third-order valence-electron chi connectivity index (χ3n) is 4.59. The van der Waals surface area contributed by atoms with Crippen molar-refractivity contribution in [2.75, 3.05) is 13.7 Å². The van der Waals surface area contributed by atoms with E-state index in [1.54, 1.807) is 7.11 Å². The summed E-state index contributed by atoms with van der Waals surface area (Å²) < 4.78 is 5.42. The highest BCUT2D eigenvalue weighted by molar-refractivity contribution is 5.39. The Morgan fingerprint density at radius 3 is 2.58 bits per heavy atom. The van der Waals surface area contributed by atoms with Crippen LogP contribution in [0.5, 0.6) is 5.75 Å². The third-order valence-corrected chi connectivity index (χ3v) is 4.59. The largest absolute Gasteiger partial charge is 0.496 e. The van der Waals surface area contributed by atoms with E-state index in [2.05, 4.69) is 25.1 Å². The van der Waals surface area contributed by atoms with E-state index in [-0.39, 0.29) is 0 Å². The summed E-state index contributed by atoms with van der Waals surface area (Å²) in [6.45, 7) is 2.94. The zero-order valence-electron chi connectivity index (χ0n) is 12.3. The van der Waals surface area contributed by atoms with Crippen molar-refractivity contribution < 1.29 is 4.74 Å². The first-order valence-electron chi connectivity index (χ1n) is 7.67. The number of aryl methyl sites for hydroxylation is 1. The van der Waals surface area contributed by atoms with Gasteiger partial charge in [0, 0.05) is 0 Å². The van der Waals surface area contributed by atoms with Crippen LogP contribution in [0.3, 0.4) is 0 Å². The number of ether oxygens (including phenoxy) is 1. The molecule has 0 radical (unpaired) electrons. The van der Waals surface area contributed by atoms with Crippen LogP contribution in [0.15, 0.2) is 18.2 Å². The molecule has 0 amide bonds. The molecular weight excluding hydrogens is 234 g/mol. The van der Waals surface area contributed by atoms with Crippen molar-refractivity contribution >= 4 is 0 Å². The Labute approximate surface area is 117 Å². The summed E-state index contributed by atoms with van der Waals surface area (Å²) in [7, 11) is 1.75. The maximum Gasteiger partial charge on any atom is 0.122 e. The van der Waals surface area contributed by atoms with E-state index in [1.165, 1.54) is 43.2 Å². The predicted octanol–water partition coefficient (Wildman–Crippen LogP) is 3.88. The topological polar surface area (TPSA) is 35.2 Å². The van der Waals surface area contributed by atoms with Gasteiger partial charge < -0.3 is 10.5 Å². The molecule has 2 nitrogen and oxygen atoms in total. The molecule has 0 spiro atoms. The molecule has 106 valence electrons. The molecule has 1 aromatic carbocycles. The minimum absolute atomic E-state index is 0.525. The molecule has 1 saturated carbocycles. The molecule has 2 rings (SSSR count). The maximum atomic E-state index is 6.07. The van der Waals surface area contributed by atoms with Gasteiger partial charge in [-0.1, -0.05) is 38.3 Å². The Morgan fingerprint density at radius 2 is 2.00 bits per heavy atom. The number of nitrogens with two attached hydrogens (primary N) is 1. The first kappa shape index (κ1) is 14.4. The monoisotopic (exact) mass is 261 g/mol. The molecule has 2 N–H and O–H groups in total. The van der Waals surface area contributed by atoms with Crippen molar-refractivity contribution in [3.8, 4) is 5.75 Å². The fourth-order valence-electron chi connectivity index (χ4n) is 3.44. The maximum absolute atomic E-state index is 6.07. The first-order valence-corrected chi connectivity index (χ1v) is 7.67. The van der Waals surface area contributed by atoms with Gasteiger partial charge >= 0.3 is 0 Å². The molecule has 0 saturated heterocycles. The van der Waals surface area contributed by atoms with Gasteiger partial charge in [-0.3, -0.25) is 0 Å². The summed E-state index contributed by atoms with van der Waals surface area (Å²) in [5.74, 6) is 2.30. The minimum atomic E-state index is 0.525. The lowest BCUT2D eigenvalue weighted by atomic mass is 9.76. The van der Waals surface area contributed by atoms with Crippen molar-refractivity contribution in [3.63, 3.8) is 0 Å². The fraction of sp³-hybridized carbons (Fsp3) is 0.647. The minimum Gasteiger partial charge on any atom is -0.496 e. The molecule has 1 aliphatic carbocycles. The zero-order valence-corrected chi connectivity index (χ0v) is 12.3. The Hall–Kier alpha value is -1.02. The van der Waals surface area contributed by atoms with Gasteiger partial charge in [-0.05, 0) is 54.8 Å². The molecule has 0 aliphatic heterocycles. The van der Waals surface area contributed by atoms with Gasteiger partial charge in [0.15, 0.2) is 0 Å². The number of hydrogen-bond donors (Lipinski definition) is 1. The Bertz CT molecular complexity index is 396. The molecule has 1 unspecified atom stereocenters. The summed E-state index contributed by atoms with van der Waals surface area (Å²) >= 11 is 0. The van der Waals surface area contributed by atoms with Gasteiger partial charge in [-0.25, -0.2) is 0 Å². The molecule has 1 fully saturated rings. The lowest BCUT2D eigenvalue weighted by molar-refractivity contribution is 0.307. The summed E-state index contributed by atoms with van der Waals surface area (Å²) in [5, 5.41) is 0. The second-order valence-electron chi connectivity index (χ2n) is 5.67. The van der Waals surface area contributed by atoms with Gasteiger partial charge in [0.2, 0.25) is 0 Å². The van der Waals surface area contributed by atoms with E-state index in [0.29, 0.717) is 5.92 Å². The summed E-state index contributed by atoms with van der Waals surface area (Å²) in [6, 6.07) is 6.63. The lowest BCUT2D eigenvalue weighted by Gasteiger charge is -2.30. The van der Waals surface area contributed by atoms with E-state index in [9.17, 15) is 0 Å². The molecule has 1 aromatic rings. The smallest absolute Gasteiger partial charge is 0.122 e.